The molecule has 0 fully saturated rings. The lowest BCUT2D eigenvalue weighted by Gasteiger charge is -2.09. The third-order valence-electron chi connectivity index (χ3n) is 4.68. The zero-order valence-electron chi connectivity index (χ0n) is 16.4. The highest BCUT2D eigenvalue weighted by Crippen LogP contribution is 2.25. The van der Waals surface area contributed by atoms with Gasteiger partial charge >= 0.3 is 0 Å². The van der Waals surface area contributed by atoms with Crippen LogP contribution in [-0.4, -0.2) is 20.6 Å². The molecule has 0 atom stereocenters. The number of carbonyl (C=O) groups is 1. The second-order valence-corrected chi connectivity index (χ2v) is 6.90. The first-order valence-corrected chi connectivity index (χ1v) is 9.40. The molecule has 154 valence electrons. The first kappa shape index (κ1) is 20.0. The molecule has 1 amide bonds. The van der Waals surface area contributed by atoms with E-state index in [1.165, 1.54) is 35.0 Å². The fourth-order valence-electron chi connectivity index (χ4n) is 3.14. The molecule has 0 radical (unpaired) electrons. The van der Waals surface area contributed by atoms with Gasteiger partial charge < -0.3 is 5.32 Å². The summed E-state index contributed by atoms with van der Waals surface area (Å²) in [7, 11) is 0. The Morgan fingerprint density at radius 1 is 1.03 bits per heavy atom. The summed E-state index contributed by atoms with van der Waals surface area (Å²) in [4.78, 5) is 23.4. The number of nitrogens with one attached hydrogen (secondary N) is 1. The Hall–Kier alpha value is -4.33. The van der Waals surface area contributed by atoms with Crippen molar-refractivity contribution in [2.45, 2.75) is 6.92 Å². The molecular weight excluding hydrogens is 399 g/mol. The lowest BCUT2D eigenvalue weighted by Crippen LogP contribution is -2.17. The van der Waals surface area contributed by atoms with Crippen LogP contribution >= 0.6 is 0 Å². The maximum atomic E-state index is 14.0. The molecule has 0 spiro atoms. The molecule has 1 N–H and O–H groups in total. The smallest absolute Gasteiger partial charge is 0.274 e. The molecule has 0 aliphatic heterocycles. The van der Waals surface area contributed by atoms with Gasteiger partial charge in [0, 0.05) is 17.7 Å². The molecule has 4 aromatic rings. The summed E-state index contributed by atoms with van der Waals surface area (Å²) >= 11 is 0. The zero-order valence-corrected chi connectivity index (χ0v) is 16.4. The molecule has 0 bridgehead atoms. The number of non-ortho nitro benzene ring substituents is 1. The summed E-state index contributed by atoms with van der Waals surface area (Å²) in [5, 5.41) is 18.0. The van der Waals surface area contributed by atoms with E-state index >= 15 is 0 Å². The summed E-state index contributed by atoms with van der Waals surface area (Å²) in [6, 6.07) is 20.8. The van der Waals surface area contributed by atoms with Crippen molar-refractivity contribution in [3.63, 3.8) is 0 Å². The van der Waals surface area contributed by atoms with Gasteiger partial charge in [-0.15, -0.1) is 0 Å². The minimum atomic E-state index is -0.548. The lowest BCUT2D eigenvalue weighted by molar-refractivity contribution is -0.384. The Kier molecular flexibility index (Phi) is 5.28. The van der Waals surface area contributed by atoms with E-state index < -0.39 is 16.6 Å². The number of nitrogens with zero attached hydrogens (tertiary/aromatic N) is 3. The molecule has 0 aliphatic carbocycles. The molecule has 8 heteroatoms. The molecule has 0 aliphatic rings. The van der Waals surface area contributed by atoms with Gasteiger partial charge in [0.05, 0.1) is 22.0 Å². The van der Waals surface area contributed by atoms with Gasteiger partial charge in [-0.05, 0) is 55.0 Å². The first-order chi connectivity index (χ1) is 14.9. The third-order valence-corrected chi connectivity index (χ3v) is 4.68. The Bertz CT molecular complexity index is 1280. The monoisotopic (exact) mass is 416 g/mol. The van der Waals surface area contributed by atoms with E-state index in [1.54, 1.807) is 30.3 Å². The van der Waals surface area contributed by atoms with Crippen molar-refractivity contribution in [2.75, 3.05) is 5.32 Å². The predicted octanol–water partition coefficient (Wildman–Crippen LogP) is 5.15. The highest BCUT2D eigenvalue weighted by molar-refractivity contribution is 6.04. The molecule has 7 nitrogen and oxygen atoms in total. The van der Waals surface area contributed by atoms with Gasteiger partial charge in [-0.1, -0.05) is 24.3 Å². The summed E-state index contributed by atoms with van der Waals surface area (Å²) in [6.07, 6.45) is 0. The maximum absolute atomic E-state index is 14.0. The fourth-order valence-corrected chi connectivity index (χ4v) is 3.14. The first-order valence-electron chi connectivity index (χ1n) is 9.40. The second-order valence-electron chi connectivity index (χ2n) is 6.90. The quantitative estimate of drug-likeness (QED) is 0.360. The summed E-state index contributed by atoms with van der Waals surface area (Å²) < 4.78 is 15.5. The van der Waals surface area contributed by atoms with Crippen molar-refractivity contribution in [3.05, 3.63) is 106 Å². The Labute approximate surface area is 176 Å². The third kappa shape index (κ3) is 4.18. The van der Waals surface area contributed by atoms with E-state index in [-0.39, 0.29) is 17.1 Å². The minimum Gasteiger partial charge on any atom is -0.318 e. The molecule has 3 aromatic carbocycles. The number of anilines is 1. The number of aryl methyl sites for hydroxylation is 1. The highest BCUT2D eigenvalue weighted by Gasteiger charge is 2.19. The molecule has 0 saturated heterocycles. The molecule has 31 heavy (non-hydrogen) atoms. The Balaban J connectivity index is 1.78. The van der Waals surface area contributed by atoms with E-state index in [0.29, 0.717) is 16.9 Å². The number of halogens is 1. The van der Waals surface area contributed by atoms with E-state index in [0.717, 1.165) is 5.56 Å². The Morgan fingerprint density at radius 3 is 2.45 bits per heavy atom. The number of rotatable bonds is 5. The summed E-state index contributed by atoms with van der Waals surface area (Å²) in [5.41, 5.74) is 2.91. The van der Waals surface area contributed by atoms with Crippen LogP contribution in [0.5, 0.6) is 0 Å². The van der Waals surface area contributed by atoms with Crippen LogP contribution in [0.15, 0.2) is 78.9 Å². The average molecular weight is 416 g/mol. The minimum absolute atomic E-state index is 0.0422. The number of benzene rings is 3. The number of aromatic nitrogens is 2. The van der Waals surface area contributed by atoms with Crippen LogP contribution in [0.4, 0.5) is 15.8 Å². The maximum Gasteiger partial charge on any atom is 0.274 e. The number of nitro groups is 1. The largest absolute Gasteiger partial charge is 0.318 e. The van der Waals surface area contributed by atoms with Crippen LogP contribution in [0.1, 0.15) is 16.1 Å². The van der Waals surface area contributed by atoms with Crippen LogP contribution in [0.2, 0.25) is 0 Å². The molecule has 1 heterocycles. The van der Waals surface area contributed by atoms with Crippen molar-refractivity contribution in [1.29, 1.82) is 0 Å². The Morgan fingerprint density at radius 2 is 1.77 bits per heavy atom. The van der Waals surface area contributed by atoms with Gasteiger partial charge in [0.25, 0.3) is 11.6 Å². The number of hydrogen-bond donors (Lipinski definition) is 1. The van der Waals surface area contributed by atoms with Crippen LogP contribution in [0, 0.1) is 22.9 Å². The molecule has 1 aromatic heterocycles. The average Bonchev–Trinajstić information content (AvgIpc) is 3.21. The highest BCUT2D eigenvalue weighted by atomic mass is 19.1. The van der Waals surface area contributed by atoms with Crippen LogP contribution in [-0.2, 0) is 0 Å². The van der Waals surface area contributed by atoms with Crippen LogP contribution in [0.25, 0.3) is 16.9 Å². The normalized spacial score (nSPS) is 10.6. The van der Waals surface area contributed by atoms with Crippen LogP contribution < -0.4 is 5.32 Å². The van der Waals surface area contributed by atoms with Crippen molar-refractivity contribution in [2.24, 2.45) is 0 Å². The standard InChI is InChI=1S/C23H17FN4O3/c1-15-5-4-6-18(13-15)27-22(23(29)25-20-8-3-2-7-19(20)24)14-21(26-27)16-9-11-17(12-10-16)28(30)31/h2-14H,1H3,(H,25,29). The molecule has 0 unspecified atom stereocenters. The van der Waals surface area contributed by atoms with Crippen molar-refractivity contribution in [3.8, 4) is 16.9 Å². The van der Waals surface area contributed by atoms with E-state index in [2.05, 4.69) is 10.4 Å². The number of nitro benzene ring substituents is 1. The number of hydrogen-bond acceptors (Lipinski definition) is 4. The predicted molar refractivity (Wildman–Crippen MR) is 115 cm³/mol. The molecule has 0 saturated carbocycles. The van der Waals surface area contributed by atoms with Crippen LogP contribution in [0.3, 0.4) is 0 Å². The topological polar surface area (TPSA) is 90.1 Å². The van der Waals surface area contributed by atoms with Gasteiger partial charge in [-0.3, -0.25) is 14.9 Å². The van der Waals surface area contributed by atoms with Gasteiger partial charge in [0.1, 0.15) is 11.5 Å². The molecule has 4 rings (SSSR count). The number of amides is 1. The number of carbonyl (C=O) groups excluding carboxylic acids is 1. The summed E-state index contributed by atoms with van der Waals surface area (Å²) in [6.45, 7) is 1.92. The van der Waals surface area contributed by atoms with Gasteiger partial charge in [0.15, 0.2) is 0 Å². The lowest BCUT2D eigenvalue weighted by atomic mass is 10.1. The summed E-state index contributed by atoms with van der Waals surface area (Å²) in [5.74, 6) is -1.08. The van der Waals surface area contributed by atoms with Gasteiger partial charge in [-0.2, -0.15) is 5.10 Å². The van der Waals surface area contributed by atoms with Crippen molar-refractivity contribution in [1.82, 2.24) is 9.78 Å². The van der Waals surface area contributed by atoms with E-state index in [1.807, 2.05) is 25.1 Å². The van der Waals surface area contributed by atoms with Crippen molar-refractivity contribution < 1.29 is 14.1 Å². The van der Waals surface area contributed by atoms with E-state index in [4.69, 9.17) is 0 Å². The van der Waals surface area contributed by atoms with Gasteiger partial charge in [-0.25, -0.2) is 9.07 Å². The van der Waals surface area contributed by atoms with E-state index in [9.17, 15) is 19.3 Å². The SMILES string of the molecule is Cc1cccc(-n2nc(-c3ccc([N+](=O)[O-])cc3)cc2C(=O)Nc2ccccc2F)c1. The number of para-hydroxylation sites is 1. The fraction of sp³-hybridized carbons (Fsp3) is 0.0435. The second kappa shape index (κ2) is 8.19. The van der Waals surface area contributed by atoms with Crippen molar-refractivity contribution >= 4 is 17.3 Å². The van der Waals surface area contributed by atoms with Gasteiger partial charge in [0.2, 0.25) is 0 Å². The molecular formula is C23H17FN4O3. The zero-order chi connectivity index (χ0) is 22.0.